The number of nitrogens with one attached hydrogen (secondary N) is 2. The molecule has 24 heavy (non-hydrogen) atoms. The van der Waals surface area contributed by atoms with Gasteiger partial charge in [-0.2, -0.15) is 0 Å². The predicted molar refractivity (Wildman–Crippen MR) is 94.4 cm³/mol. The molecule has 0 bridgehead atoms. The molecule has 0 aromatic heterocycles. The standard InChI is InChI=1S/C18H18F2N2OS/c1-23-13-6-7-14-11(9-13)3-2-4-17(14)22-18(24)21-12-5-8-15(19)16(20)10-12/h5-10,17H,2-4H2,1H3,(H2,21,22,24)/t17-/m0/s1. The number of aryl methyl sites for hydroxylation is 1. The highest BCUT2D eigenvalue weighted by Gasteiger charge is 2.21. The Balaban J connectivity index is 1.70. The Kier molecular flexibility index (Phi) is 4.94. The summed E-state index contributed by atoms with van der Waals surface area (Å²) < 4.78 is 31.5. The molecule has 0 saturated carbocycles. The zero-order valence-corrected chi connectivity index (χ0v) is 14.1. The van der Waals surface area contributed by atoms with E-state index in [-0.39, 0.29) is 6.04 Å². The molecule has 0 amide bonds. The van der Waals surface area contributed by atoms with Gasteiger partial charge in [0.2, 0.25) is 0 Å². The number of fused-ring (bicyclic) bond motifs is 1. The van der Waals surface area contributed by atoms with Crippen LogP contribution in [-0.2, 0) is 6.42 Å². The van der Waals surface area contributed by atoms with E-state index in [1.165, 1.54) is 17.2 Å². The SMILES string of the molecule is COc1ccc2c(c1)CCC[C@@H]2NC(=S)Nc1ccc(F)c(F)c1. The van der Waals surface area contributed by atoms with Crippen molar-refractivity contribution in [1.82, 2.24) is 5.32 Å². The average molecular weight is 348 g/mol. The molecule has 1 aliphatic rings. The lowest BCUT2D eigenvalue weighted by Crippen LogP contribution is -2.34. The van der Waals surface area contributed by atoms with Crippen molar-refractivity contribution in [1.29, 1.82) is 0 Å². The molecule has 2 N–H and O–H groups in total. The Morgan fingerprint density at radius 3 is 2.75 bits per heavy atom. The van der Waals surface area contributed by atoms with Crippen molar-refractivity contribution >= 4 is 23.0 Å². The number of anilines is 1. The van der Waals surface area contributed by atoms with Gasteiger partial charge in [-0.1, -0.05) is 6.07 Å². The summed E-state index contributed by atoms with van der Waals surface area (Å²) in [7, 11) is 1.65. The molecule has 3 rings (SSSR count). The van der Waals surface area contributed by atoms with Crippen LogP contribution in [0.1, 0.15) is 30.0 Å². The van der Waals surface area contributed by atoms with Crippen LogP contribution in [-0.4, -0.2) is 12.2 Å². The third-order valence-corrected chi connectivity index (χ3v) is 4.37. The summed E-state index contributed by atoms with van der Waals surface area (Å²) >= 11 is 5.31. The van der Waals surface area contributed by atoms with Gasteiger partial charge in [-0.25, -0.2) is 8.78 Å². The molecule has 3 nitrogen and oxygen atoms in total. The fourth-order valence-electron chi connectivity index (χ4n) is 2.97. The molecule has 126 valence electrons. The van der Waals surface area contributed by atoms with E-state index in [1.807, 2.05) is 12.1 Å². The van der Waals surface area contributed by atoms with E-state index in [4.69, 9.17) is 17.0 Å². The van der Waals surface area contributed by atoms with Gasteiger partial charge in [-0.15, -0.1) is 0 Å². The maximum atomic E-state index is 13.3. The molecule has 0 aliphatic heterocycles. The molecular formula is C18H18F2N2OS. The summed E-state index contributed by atoms with van der Waals surface area (Å²) in [6.45, 7) is 0. The van der Waals surface area contributed by atoms with E-state index < -0.39 is 11.6 Å². The van der Waals surface area contributed by atoms with Gasteiger partial charge >= 0.3 is 0 Å². The largest absolute Gasteiger partial charge is 0.497 e. The second-order valence-electron chi connectivity index (χ2n) is 5.74. The monoisotopic (exact) mass is 348 g/mol. The number of halogens is 2. The third kappa shape index (κ3) is 3.64. The maximum Gasteiger partial charge on any atom is 0.171 e. The zero-order chi connectivity index (χ0) is 17.1. The number of hydrogen-bond donors (Lipinski definition) is 2. The molecule has 1 atom stereocenters. The summed E-state index contributed by atoms with van der Waals surface area (Å²) in [5.74, 6) is -0.940. The highest BCUT2D eigenvalue weighted by atomic mass is 32.1. The van der Waals surface area contributed by atoms with Crippen molar-refractivity contribution < 1.29 is 13.5 Å². The smallest absolute Gasteiger partial charge is 0.171 e. The third-order valence-electron chi connectivity index (χ3n) is 4.15. The van der Waals surface area contributed by atoms with Crippen LogP contribution >= 0.6 is 12.2 Å². The Bertz CT molecular complexity index is 767. The van der Waals surface area contributed by atoms with Crippen LogP contribution in [0.25, 0.3) is 0 Å². The molecular weight excluding hydrogens is 330 g/mol. The van der Waals surface area contributed by atoms with Gasteiger partial charge in [0.15, 0.2) is 16.7 Å². The Morgan fingerprint density at radius 1 is 1.17 bits per heavy atom. The highest BCUT2D eigenvalue weighted by Crippen LogP contribution is 2.32. The molecule has 1 aliphatic carbocycles. The van der Waals surface area contributed by atoms with Gasteiger partial charge in [0, 0.05) is 11.8 Å². The summed E-state index contributed by atoms with van der Waals surface area (Å²) in [6.07, 6.45) is 3.01. The maximum absolute atomic E-state index is 13.3. The number of thiocarbonyl (C=S) groups is 1. The van der Waals surface area contributed by atoms with E-state index in [2.05, 4.69) is 16.7 Å². The predicted octanol–water partition coefficient (Wildman–Crippen LogP) is 4.34. The second-order valence-corrected chi connectivity index (χ2v) is 6.15. The molecule has 0 radical (unpaired) electrons. The van der Waals surface area contributed by atoms with Crippen molar-refractivity contribution in [3.8, 4) is 5.75 Å². The van der Waals surface area contributed by atoms with Crippen molar-refractivity contribution in [2.45, 2.75) is 25.3 Å². The summed E-state index contributed by atoms with van der Waals surface area (Å²) in [6, 6.07) is 9.73. The van der Waals surface area contributed by atoms with E-state index in [9.17, 15) is 8.78 Å². The van der Waals surface area contributed by atoms with E-state index in [0.29, 0.717) is 10.8 Å². The lowest BCUT2D eigenvalue weighted by Gasteiger charge is -2.28. The van der Waals surface area contributed by atoms with Crippen molar-refractivity contribution in [2.75, 3.05) is 12.4 Å². The molecule has 0 fully saturated rings. The van der Waals surface area contributed by atoms with E-state index in [1.54, 1.807) is 7.11 Å². The summed E-state index contributed by atoms with van der Waals surface area (Å²) in [5.41, 5.74) is 2.85. The Hall–Kier alpha value is -2.21. The number of methoxy groups -OCH3 is 1. The molecule has 0 unspecified atom stereocenters. The first kappa shape index (κ1) is 16.6. The van der Waals surface area contributed by atoms with Gasteiger partial charge in [0.1, 0.15) is 5.75 Å². The fraction of sp³-hybridized carbons (Fsp3) is 0.278. The van der Waals surface area contributed by atoms with Crippen LogP contribution in [0.15, 0.2) is 36.4 Å². The lowest BCUT2D eigenvalue weighted by atomic mass is 9.87. The van der Waals surface area contributed by atoms with Gasteiger partial charge < -0.3 is 15.4 Å². The minimum atomic E-state index is -0.905. The van der Waals surface area contributed by atoms with Crippen molar-refractivity contribution in [3.63, 3.8) is 0 Å². The normalized spacial score (nSPS) is 16.2. The first-order valence-electron chi connectivity index (χ1n) is 7.76. The fourth-order valence-corrected chi connectivity index (χ4v) is 3.23. The van der Waals surface area contributed by atoms with Crippen LogP contribution in [0, 0.1) is 11.6 Å². The summed E-state index contributed by atoms with van der Waals surface area (Å²) in [5, 5.41) is 6.54. The first-order chi connectivity index (χ1) is 11.6. The summed E-state index contributed by atoms with van der Waals surface area (Å²) in [4.78, 5) is 0. The topological polar surface area (TPSA) is 33.3 Å². The highest BCUT2D eigenvalue weighted by molar-refractivity contribution is 7.80. The molecule has 0 saturated heterocycles. The number of benzene rings is 2. The number of rotatable bonds is 3. The van der Waals surface area contributed by atoms with Crippen LogP contribution in [0.4, 0.5) is 14.5 Å². The number of hydrogen-bond acceptors (Lipinski definition) is 2. The lowest BCUT2D eigenvalue weighted by molar-refractivity contribution is 0.412. The van der Waals surface area contributed by atoms with Crippen molar-refractivity contribution in [2.24, 2.45) is 0 Å². The average Bonchev–Trinajstić information content (AvgIpc) is 2.58. The van der Waals surface area contributed by atoms with Crippen molar-refractivity contribution in [3.05, 3.63) is 59.2 Å². The quantitative estimate of drug-likeness (QED) is 0.809. The van der Waals surface area contributed by atoms with E-state index in [0.717, 1.165) is 37.1 Å². The second kappa shape index (κ2) is 7.13. The number of ether oxygens (including phenoxy) is 1. The van der Waals surface area contributed by atoms with Crippen LogP contribution in [0.2, 0.25) is 0 Å². The molecule has 0 spiro atoms. The van der Waals surface area contributed by atoms with Gasteiger partial charge in [0.25, 0.3) is 0 Å². The minimum absolute atomic E-state index is 0.0879. The molecule has 2 aromatic carbocycles. The van der Waals surface area contributed by atoms with Crippen LogP contribution in [0.3, 0.4) is 0 Å². The van der Waals surface area contributed by atoms with Gasteiger partial charge in [-0.05, 0) is 66.9 Å². The minimum Gasteiger partial charge on any atom is -0.497 e. The zero-order valence-electron chi connectivity index (χ0n) is 13.2. The molecule has 2 aromatic rings. The first-order valence-corrected chi connectivity index (χ1v) is 8.17. The van der Waals surface area contributed by atoms with Gasteiger partial charge in [-0.3, -0.25) is 0 Å². The van der Waals surface area contributed by atoms with Crippen LogP contribution < -0.4 is 15.4 Å². The Labute approximate surface area is 145 Å². The van der Waals surface area contributed by atoms with E-state index >= 15 is 0 Å². The van der Waals surface area contributed by atoms with Gasteiger partial charge in [0.05, 0.1) is 13.2 Å². The molecule has 6 heteroatoms. The Morgan fingerprint density at radius 2 is 2.00 bits per heavy atom. The molecule has 0 heterocycles. The van der Waals surface area contributed by atoms with Crippen LogP contribution in [0.5, 0.6) is 5.75 Å².